The number of carbonyl (C=O) groups is 1. The van der Waals surface area contributed by atoms with E-state index < -0.39 is 64.2 Å². The molecule has 26 heavy (non-hydrogen) atoms. The average Bonchev–Trinajstić information content (AvgIpc) is 2.98. The second kappa shape index (κ2) is 5.95. The van der Waals surface area contributed by atoms with Crippen LogP contribution in [0, 0.1) is 20.2 Å². The second-order valence-electron chi connectivity index (χ2n) is 6.09. The summed E-state index contributed by atoms with van der Waals surface area (Å²) in [7, 11) is 0. The first kappa shape index (κ1) is 18.1. The summed E-state index contributed by atoms with van der Waals surface area (Å²) in [4.78, 5) is 32.8. The van der Waals surface area contributed by atoms with Crippen LogP contribution in [0.3, 0.4) is 0 Å². The Bertz CT molecular complexity index is 785. The van der Waals surface area contributed by atoms with Gasteiger partial charge in [-0.3, -0.25) is 20.2 Å². The Labute approximate surface area is 144 Å². The predicted octanol–water partition coefficient (Wildman–Crippen LogP) is -1.31. The quantitative estimate of drug-likeness (QED) is 0.319. The molecule has 12 heteroatoms. The van der Waals surface area contributed by atoms with E-state index in [0.29, 0.717) is 0 Å². The normalized spacial score (nSPS) is 34.2. The topological polar surface area (TPSA) is 182 Å². The van der Waals surface area contributed by atoms with Gasteiger partial charge in [0.2, 0.25) is 17.9 Å². The number of nitrogens with zero attached hydrogens (tertiary/aromatic N) is 2. The Balaban J connectivity index is 2.13. The van der Waals surface area contributed by atoms with Crippen molar-refractivity contribution >= 4 is 11.7 Å². The van der Waals surface area contributed by atoms with E-state index in [9.17, 15) is 40.3 Å². The van der Waals surface area contributed by atoms with Crippen LogP contribution in [0.1, 0.15) is 11.5 Å². The van der Waals surface area contributed by atoms with Crippen molar-refractivity contribution in [2.75, 3.05) is 13.2 Å². The molecular formula is C14H14N2O10. The lowest BCUT2D eigenvalue weighted by atomic mass is 9.76. The Hall–Kier alpha value is -2.67. The third kappa shape index (κ3) is 2.42. The molecule has 0 bridgehead atoms. The van der Waals surface area contributed by atoms with E-state index >= 15 is 0 Å². The summed E-state index contributed by atoms with van der Waals surface area (Å²) in [6, 6.07) is 4.52. The summed E-state index contributed by atoms with van der Waals surface area (Å²) < 4.78 is 9.79. The molecule has 3 rings (SSSR count). The molecule has 0 aromatic heterocycles. The van der Waals surface area contributed by atoms with Crippen LogP contribution in [-0.4, -0.2) is 67.9 Å². The van der Waals surface area contributed by atoms with E-state index in [1.807, 2.05) is 0 Å². The fraction of sp³-hybridized carbons (Fsp3) is 0.500. The molecule has 2 heterocycles. The summed E-state index contributed by atoms with van der Waals surface area (Å²) in [6.45, 7) is -1.53. The standard InChI is InChI=1S/C14H14N2O10/c17-10-6-25-14(20)11(10)26-12(18)13(14,19)9(5-15(21)22)7-2-1-3-8(4-7)16(23)24/h1-4,9-11,17,19-20H,5-6H2/t9?,10-,11+,13+,14-/m0/s1. The number of carbonyl (C=O) groups excluding carboxylic acids is 1. The minimum absolute atomic E-state index is 0.144. The SMILES string of the molecule is O=C1O[C@@H]2[C@@H](O)CO[C@]2(O)[C@@]1(O)C(C[N+](=O)[O-])c1cccc([N+](=O)[O-])c1. The zero-order valence-corrected chi connectivity index (χ0v) is 13.0. The fourth-order valence-electron chi connectivity index (χ4n) is 3.35. The number of rotatable bonds is 5. The van der Waals surface area contributed by atoms with Crippen molar-refractivity contribution in [3.05, 3.63) is 50.1 Å². The number of aliphatic hydroxyl groups excluding tert-OH is 1. The Kier molecular flexibility index (Phi) is 4.15. The van der Waals surface area contributed by atoms with Gasteiger partial charge in [-0.1, -0.05) is 12.1 Å². The molecule has 1 aromatic rings. The number of fused-ring (bicyclic) bond motifs is 1. The number of nitro benzene ring substituents is 1. The molecule has 2 saturated heterocycles. The maximum absolute atomic E-state index is 12.3. The first-order valence-corrected chi connectivity index (χ1v) is 7.45. The maximum atomic E-state index is 12.3. The van der Waals surface area contributed by atoms with Crippen LogP contribution < -0.4 is 0 Å². The van der Waals surface area contributed by atoms with Gasteiger partial charge in [0.25, 0.3) is 5.69 Å². The lowest BCUT2D eigenvalue weighted by Crippen LogP contribution is -2.62. The third-order valence-electron chi connectivity index (χ3n) is 4.62. The summed E-state index contributed by atoms with van der Waals surface area (Å²) in [5.41, 5.74) is -3.52. The van der Waals surface area contributed by atoms with Crippen LogP contribution in [0.15, 0.2) is 24.3 Å². The average molecular weight is 370 g/mol. The monoisotopic (exact) mass is 370 g/mol. The lowest BCUT2D eigenvalue weighted by molar-refractivity contribution is -0.489. The Morgan fingerprint density at radius 2 is 2.00 bits per heavy atom. The smallest absolute Gasteiger partial charge is 0.345 e. The Morgan fingerprint density at radius 3 is 2.62 bits per heavy atom. The van der Waals surface area contributed by atoms with Crippen LogP contribution in [0.25, 0.3) is 0 Å². The van der Waals surface area contributed by atoms with Gasteiger partial charge in [0, 0.05) is 17.1 Å². The van der Waals surface area contributed by atoms with Crippen molar-refractivity contribution in [3.63, 3.8) is 0 Å². The summed E-state index contributed by atoms with van der Waals surface area (Å²) in [5, 5.41) is 53.5. The fourth-order valence-corrected chi connectivity index (χ4v) is 3.35. The van der Waals surface area contributed by atoms with E-state index in [4.69, 9.17) is 9.47 Å². The first-order chi connectivity index (χ1) is 12.1. The van der Waals surface area contributed by atoms with Crippen LogP contribution in [0.2, 0.25) is 0 Å². The number of ether oxygens (including phenoxy) is 2. The highest BCUT2D eigenvalue weighted by Crippen LogP contribution is 2.50. The molecule has 0 radical (unpaired) electrons. The zero-order valence-electron chi connectivity index (χ0n) is 13.0. The Morgan fingerprint density at radius 1 is 1.31 bits per heavy atom. The van der Waals surface area contributed by atoms with E-state index in [-0.39, 0.29) is 5.56 Å². The van der Waals surface area contributed by atoms with Gasteiger partial charge in [0.1, 0.15) is 6.10 Å². The highest BCUT2D eigenvalue weighted by molar-refractivity contribution is 5.85. The molecule has 0 spiro atoms. The molecule has 1 unspecified atom stereocenters. The molecule has 0 aliphatic carbocycles. The number of benzene rings is 1. The van der Waals surface area contributed by atoms with Gasteiger partial charge >= 0.3 is 5.97 Å². The van der Waals surface area contributed by atoms with Crippen molar-refractivity contribution in [2.24, 2.45) is 0 Å². The van der Waals surface area contributed by atoms with Gasteiger partial charge in [0.15, 0.2) is 6.10 Å². The number of esters is 1. The van der Waals surface area contributed by atoms with E-state index in [1.54, 1.807) is 0 Å². The van der Waals surface area contributed by atoms with Gasteiger partial charge < -0.3 is 24.8 Å². The minimum Gasteiger partial charge on any atom is -0.451 e. The van der Waals surface area contributed by atoms with Crippen molar-refractivity contribution in [2.45, 2.75) is 29.5 Å². The predicted molar refractivity (Wildman–Crippen MR) is 79.4 cm³/mol. The summed E-state index contributed by atoms with van der Waals surface area (Å²) in [6.07, 6.45) is -3.09. The molecule has 0 saturated carbocycles. The minimum atomic E-state index is -2.95. The molecule has 2 aliphatic rings. The van der Waals surface area contributed by atoms with Crippen molar-refractivity contribution in [3.8, 4) is 0 Å². The number of hydrogen-bond donors (Lipinski definition) is 3. The lowest BCUT2D eigenvalue weighted by Gasteiger charge is -2.36. The van der Waals surface area contributed by atoms with E-state index in [0.717, 1.165) is 12.1 Å². The van der Waals surface area contributed by atoms with Crippen LogP contribution in [0.5, 0.6) is 0 Å². The summed E-state index contributed by atoms with van der Waals surface area (Å²) in [5.74, 6) is -5.90. The van der Waals surface area contributed by atoms with Crippen LogP contribution >= 0.6 is 0 Å². The molecule has 2 fully saturated rings. The van der Waals surface area contributed by atoms with Crippen molar-refractivity contribution < 1.29 is 39.4 Å². The number of non-ortho nitro benzene ring substituents is 1. The van der Waals surface area contributed by atoms with E-state index in [1.165, 1.54) is 12.1 Å². The van der Waals surface area contributed by atoms with Gasteiger partial charge in [-0.15, -0.1) is 0 Å². The molecule has 0 amide bonds. The first-order valence-electron chi connectivity index (χ1n) is 7.45. The third-order valence-corrected chi connectivity index (χ3v) is 4.62. The van der Waals surface area contributed by atoms with Gasteiger partial charge in [-0.05, 0) is 5.56 Å². The number of hydrogen-bond acceptors (Lipinski definition) is 10. The molecule has 140 valence electrons. The molecule has 1 aromatic carbocycles. The largest absolute Gasteiger partial charge is 0.451 e. The van der Waals surface area contributed by atoms with Crippen LogP contribution in [-0.2, 0) is 14.3 Å². The van der Waals surface area contributed by atoms with Gasteiger partial charge in [-0.2, -0.15) is 0 Å². The van der Waals surface area contributed by atoms with Crippen molar-refractivity contribution in [1.82, 2.24) is 0 Å². The highest BCUT2D eigenvalue weighted by Gasteiger charge is 2.76. The van der Waals surface area contributed by atoms with Gasteiger partial charge in [0.05, 0.1) is 17.4 Å². The van der Waals surface area contributed by atoms with Gasteiger partial charge in [-0.25, -0.2) is 4.79 Å². The van der Waals surface area contributed by atoms with Crippen LogP contribution in [0.4, 0.5) is 5.69 Å². The number of nitro groups is 2. The molecular weight excluding hydrogens is 356 g/mol. The second-order valence-corrected chi connectivity index (χ2v) is 6.09. The zero-order chi connectivity index (χ0) is 19.3. The molecule has 2 aliphatic heterocycles. The maximum Gasteiger partial charge on any atom is 0.345 e. The summed E-state index contributed by atoms with van der Waals surface area (Å²) >= 11 is 0. The highest BCUT2D eigenvalue weighted by atomic mass is 16.7. The van der Waals surface area contributed by atoms with E-state index in [2.05, 4.69) is 0 Å². The molecule has 5 atom stereocenters. The molecule has 12 nitrogen and oxygen atoms in total. The van der Waals surface area contributed by atoms with Crippen molar-refractivity contribution in [1.29, 1.82) is 0 Å². The number of aliphatic hydroxyl groups is 3. The molecule has 3 N–H and O–H groups in total.